The first-order valence-corrected chi connectivity index (χ1v) is 8.72. The Morgan fingerprint density at radius 1 is 1.14 bits per heavy atom. The van der Waals surface area contributed by atoms with Crippen molar-refractivity contribution >= 4 is 34.2 Å². The summed E-state index contributed by atoms with van der Waals surface area (Å²) in [4.78, 5) is 0. The van der Waals surface area contributed by atoms with Crippen LogP contribution in [-0.4, -0.2) is 6.54 Å². The maximum absolute atomic E-state index is 6.29. The van der Waals surface area contributed by atoms with Crippen LogP contribution < -0.4 is 5.32 Å². The predicted octanol–water partition coefficient (Wildman–Crippen LogP) is 5.45. The van der Waals surface area contributed by atoms with Gasteiger partial charge in [0.25, 0.3) is 0 Å². The van der Waals surface area contributed by atoms with E-state index in [4.69, 9.17) is 11.6 Å². The van der Waals surface area contributed by atoms with Crippen molar-refractivity contribution in [3.05, 3.63) is 67.2 Å². The molecule has 0 spiro atoms. The summed E-state index contributed by atoms with van der Waals surface area (Å²) in [5.41, 5.74) is 5.40. The Balaban J connectivity index is 2.33. The van der Waals surface area contributed by atoms with Crippen LogP contribution in [0.4, 0.5) is 0 Å². The minimum Gasteiger partial charge on any atom is -0.310 e. The minimum atomic E-state index is 0.296. The van der Waals surface area contributed by atoms with Crippen molar-refractivity contribution in [1.82, 2.24) is 5.32 Å². The normalized spacial score (nSPS) is 12.4. The van der Waals surface area contributed by atoms with Gasteiger partial charge in [-0.15, -0.1) is 0 Å². The summed E-state index contributed by atoms with van der Waals surface area (Å²) in [6.45, 7) is 7.46. The summed E-state index contributed by atoms with van der Waals surface area (Å²) < 4.78 is 1.10. The summed E-state index contributed by atoms with van der Waals surface area (Å²) in [5, 5.41) is 4.42. The highest BCUT2D eigenvalue weighted by Gasteiger charge is 2.15. The van der Waals surface area contributed by atoms with Crippen LogP contribution in [-0.2, 0) is 6.42 Å². The SMILES string of the molecule is CCNC(Cc1c(C)cccc1C)c1ccc(I)c(Cl)c1. The molecule has 3 heteroatoms. The van der Waals surface area contributed by atoms with Gasteiger partial charge in [-0.05, 0) is 83.8 Å². The van der Waals surface area contributed by atoms with E-state index in [9.17, 15) is 0 Å². The second-order valence-corrected chi connectivity index (χ2v) is 6.93. The lowest BCUT2D eigenvalue weighted by Crippen LogP contribution is -2.23. The van der Waals surface area contributed by atoms with Gasteiger partial charge in [0.1, 0.15) is 0 Å². The molecule has 0 aliphatic carbocycles. The van der Waals surface area contributed by atoms with E-state index in [-0.39, 0.29) is 0 Å². The third-order valence-electron chi connectivity index (χ3n) is 3.85. The number of likely N-dealkylation sites (N-methyl/N-ethyl adjacent to an activating group) is 1. The molecule has 1 atom stereocenters. The van der Waals surface area contributed by atoms with Gasteiger partial charge in [-0.2, -0.15) is 0 Å². The van der Waals surface area contributed by atoms with Gasteiger partial charge < -0.3 is 5.32 Å². The molecule has 2 rings (SSSR count). The van der Waals surface area contributed by atoms with Crippen LogP contribution in [0.25, 0.3) is 0 Å². The molecular formula is C18H21ClIN. The van der Waals surface area contributed by atoms with E-state index in [0.29, 0.717) is 6.04 Å². The van der Waals surface area contributed by atoms with Crippen molar-refractivity contribution in [1.29, 1.82) is 0 Å². The zero-order valence-electron chi connectivity index (χ0n) is 12.7. The lowest BCUT2D eigenvalue weighted by Gasteiger charge is -2.21. The molecule has 1 unspecified atom stereocenters. The molecule has 2 aromatic carbocycles. The Morgan fingerprint density at radius 2 is 1.81 bits per heavy atom. The van der Waals surface area contributed by atoms with Crippen LogP contribution in [0.15, 0.2) is 36.4 Å². The third-order valence-corrected chi connectivity index (χ3v) is 5.42. The van der Waals surface area contributed by atoms with Crippen molar-refractivity contribution in [2.24, 2.45) is 0 Å². The van der Waals surface area contributed by atoms with E-state index in [0.717, 1.165) is 21.6 Å². The molecule has 0 saturated heterocycles. The van der Waals surface area contributed by atoms with Gasteiger partial charge in [-0.1, -0.05) is 42.8 Å². The van der Waals surface area contributed by atoms with Crippen LogP contribution in [0, 0.1) is 17.4 Å². The predicted molar refractivity (Wildman–Crippen MR) is 100 cm³/mol. The Kier molecular flexibility index (Phi) is 6.08. The fraction of sp³-hybridized carbons (Fsp3) is 0.333. The Morgan fingerprint density at radius 3 is 2.38 bits per heavy atom. The van der Waals surface area contributed by atoms with Crippen molar-refractivity contribution in [2.75, 3.05) is 6.54 Å². The van der Waals surface area contributed by atoms with E-state index >= 15 is 0 Å². The first-order valence-electron chi connectivity index (χ1n) is 7.26. The van der Waals surface area contributed by atoms with Gasteiger partial charge in [-0.25, -0.2) is 0 Å². The standard InChI is InChI=1S/C18H21ClIN/c1-4-21-18(14-8-9-17(20)16(19)10-14)11-15-12(2)6-5-7-13(15)3/h5-10,18,21H,4,11H2,1-3H3. The van der Waals surface area contributed by atoms with Crippen LogP contribution in [0.1, 0.15) is 35.2 Å². The summed E-state index contributed by atoms with van der Waals surface area (Å²) in [6, 6.07) is 13.1. The molecule has 0 aliphatic heterocycles. The number of nitrogens with one attached hydrogen (secondary N) is 1. The number of aryl methyl sites for hydroxylation is 2. The zero-order chi connectivity index (χ0) is 15.4. The maximum Gasteiger partial charge on any atom is 0.0542 e. The Bertz CT molecular complexity index is 604. The molecule has 112 valence electrons. The van der Waals surface area contributed by atoms with E-state index < -0.39 is 0 Å². The summed E-state index contributed by atoms with van der Waals surface area (Å²) in [5.74, 6) is 0. The fourth-order valence-corrected chi connectivity index (χ4v) is 3.18. The number of halogens is 2. The highest BCUT2D eigenvalue weighted by Crippen LogP contribution is 2.27. The lowest BCUT2D eigenvalue weighted by molar-refractivity contribution is 0.547. The van der Waals surface area contributed by atoms with Gasteiger partial charge >= 0.3 is 0 Å². The first-order chi connectivity index (χ1) is 10.0. The molecule has 1 N–H and O–H groups in total. The van der Waals surface area contributed by atoms with E-state index in [2.05, 4.69) is 85.1 Å². The molecule has 21 heavy (non-hydrogen) atoms. The van der Waals surface area contributed by atoms with Gasteiger partial charge in [-0.3, -0.25) is 0 Å². The average molecular weight is 414 g/mol. The van der Waals surface area contributed by atoms with Crippen LogP contribution in [0.3, 0.4) is 0 Å². The van der Waals surface area contributed by atoms with Crippen molar-refractivity contribution in [2.45, 2.75) is 33.2 Å². The third kappa shape index (κ3) is 4.21. The zero-order valence-corrected chi connectivity index (χ0v) is 15.6. The average Bonchev–Trinajstić information content (AvgIpc) is 2.45. The molecule has 0 bridgehead atoms. The second kappa shape index (κ2) is 7.61. The number of benzene rings is 2. The van der Waals surface area contributed by atoms with Crippen molar-refractivity contribution in [3.63, 3.8) is 0 Å². The quantitative estimate of drug-likeness (QED) is 0.642. The van der Waals surface area contributed by atoms with Crippen molar-refractivity contribution < 1.29 is 0 Å². The molecule has 1 nitrogen and oxygen atoms in total. The van der Waals surface area contributed by atoms with E-state index in [1.54, 1.807) is 0 Å². The molecule has 0 aromatic heterocycles. The smallest absolute Gasteiger partial charge is 0.0542 e. The molecule has 0 fully saturated rings. The molecule has 0 amide bonds. The van der Waals surface area contributed by atoms with Crippen LogP contribution in [0.2, 0.25) is 5.02 Å². The highest BCUT2D eigenvalue weighted by molar-refractivity contribution is 14.1. The lowest BCUT2D eigenvalue weighted by atomic mass is 9.93. The molecule has 0 aliphatic rings. The molecule has 2 aromatic rings. The molecule has 0 saturated carbocycles. The fourth-order valence-electron chi connectivity index (χ4n) is 2.66. The largest absolute Gasteiger partial charge is 0.310 e. The summed E-state index contributed by atoms with van der Waals surface area (Å²) in [6.07, 6.45) is 0.989. The first kappa shape index (κ1) is 16.8. The monoisotopic (exact) mass is 413 g/mol. The second-order valence-electron chi connectivity index (χ2n) is 5.36. The van der Waals surface area contributed by atoms with Crippen LogP contribution in [0.5, 0.6) is 0 Å². The van der Waals surface area contributed by atoms with Gasteiger partial charge in [0, 0.05) is 9.61 Å². The Hall–Kier alpha value is -0.580. The molecular weight excluding hydrogens is 393 g/mol. The number of rotatable bonds is 5. The number of hydrogen-bond acceptors (Lipinski definition) is 1. The van der Waals surface area contributed by atoms with Gasteiger partial charge in [0.05, 0.1) is 5.02 Å². The summed E-state index contributed by atoms with van der Waals surface area (Å²) in [7, 11) is 0. The minimum absolute atomic E-state index is 0.296. The van der Waals surface area contributed by atoms with Gasteiger partial charge in [0.2, 0.25) is 0 Å². The highest BCUT2D eigenvalue weighted by atomic mass is 127. The topological polar surface area (TPSA) is 12.0 Å². The maximum atomic E-state index is 6.29. The molecule has 0 radical (unpaired) electrons. The van der Waals surface area contributed by atoms with E-state index in [1.165, 1.54) is 22.3 Å². The summed E-state index contributed by atoms with van der Waals surface area (Å²) >= 11 is 8.56. The molecule has 0 heterocycles. The Labute approximate surface area is 146 Å². The van der Waals surface area contributed by atoms with Gasteiger partial charge in [0.15, 0.2) is 0 Å². The van der Waals surface area contributed by atoms with Crippen LogP contribution >= 0.6 is 34.2 Å². The number of hydrogen-bond donors (Lipinski definition) is 1. The van der Waals surface area contributed by atoms with Crippen molar-refractivity contribution in [3.8, 4) is 0 Å². The van der Waals surface area contributed by atoms with E-state index in [1.807, 2.05) is 0 Å².